The van der Waals surface area contributed by atoms with E-state index in [1.807, 2.05) is 0 Å². The summed E-state index contributed by atoms with van der Waals surface area (Å²) in [5, 5.41) is 3.03. The number of carbonyl (C=O) groups is 1. The SMILES string of the molecule is CC(C)C[C@H]1C(=O)NCCN1Cc1ccccc1N1CCO[C@H](C)C1. The molecule has 2 aliphatic heterocycles. The Morgan fingerprint density at radius 1 is 1.28 bits per heavy atom. The average Bonchev–Trinajstić information content (AvgIpc) is 2.58. The number of amides is 1. The summed E-state index contributed by atoms with van der Waals surface area (Å²) < 4.78 is 5.69. The first kappa shape index (κ1) is 18.2. The van der Waals surface area contributed by atoms with E-state index in [1.54, 1.807) is 0 Å². The third-order valence-electron chi connectivity index (χ3n) is 5.08. The number of ether oxygens (including phenoxy) is 1. The van der Waals surface area contributed by atoms with Crippen LogP contribution in [0.1, 0.15) is 32.8 Å². The predicted octanol–water partition coefficient (Wildman–Crippen LogP) is 2.26. The van der Waals surface area contributed by atoms with Crippen LogP contribution in [-0.2, 0) is 16.1 Å². The van der Waals surface area contributed by atoms with Crippen LogP contribution in [0.2, 0.25) is 0 Å². The zero-order chi connectivity index (χ0) is 17.8. The van der Waals surface area contributed by atoms with Crippen LogP contribution in [0.25, 0.3) is 0 Å². The maximum absolute atomic E-state index is 12.4. The van der Waals surface area contributed by atoms with Gasteiger partial charge in [-0.1, -0.05) is 32.0 Å². The molecule has 1 aromatic rings. The zero-order valence-electron chi connectivity index (χ0n) is 15.7. The normalized spacial score (nSPS) is 25.3. The maximum atomic E-state index is 12.4. The van der Waals surface area contributed by atoms with Crippen LogP contribution in [0, 0.1) is 5.92 Å². The lowest BCUT2D eigenvalue weighted by molar-refractivity contribution is -0.130. The van der Waals surface area contributed by atoms with Gasteiger partial charge >= 0.3 is 0 Å². The van der Waals surface area contributed by atoms with Gasteiger partial charge in [0.25, 0.3) is 0 Å². The van der Waals surface area contributed by atoms with Crippen molar-refractivity contribution in [3.63, 3.8) is 0 Å². The van der Waals surface area contributed by atoms with Crippen LogP contribution in [0.5, 0.6) is 0 Å². The van der Waals surface area contributed by atoms with Crippen molar-refractivity contribution < 1.29 is 9.53 Å². The van der Waals surface area contributed by atoms with E-state index in [4.69, 9.17) is 4.74 Å². The molecule has 0 bridgehead atoms. The molecular formula is C20H31N3O2. The minimum atomic E-state index is -0.0228. The number of piperazine rings is 1. The van der Waals surface area contributed by atoms with Gasteiger partial charge in [-0.25, -0.2) is 0 Å². The Bertz CT molecular complexity index is 590. The molecule has 3 rings (SSSR count). The van der Waals surface area contributed by atoms with E-state index in [0.29, 0.717) is 5.92 Å². The first-order valence-corrected chi connectivity index (χ1v) is 9.51. The van der Waals surface area contributed by atoms with Crippen LogP contribution in [0.3, 0.4) is 0 Å². The quantitative estimate of drug-likeness (QED) is 0.889. The van der Waals surface area contributed by atoms with Crippen molar-refractivity contribution in [2.24, 2.45) is 5.92 Å². The van der Waals surface area contributed by atoms with Gasteiger partial charge in [-0.2, -0.15) is 0 Å². The van der Waals surface area contributed by atoms with Gasteiger partial charge in [-0.15, -0.1) is 0 Å². The fourth-order valence-corrected chi connectivity index (χ4v) is 3.86. The third kappa shape index (κ3) is 4.53. The second kappa shape index (κ2) is 8.19. The number of morpholine rings is 1. The zero-order valence-corrected chi connectivity index (χ0v) is 15.7. The lowest BCUT2D eigenvalue weighted by Crippen LogP contribution is -2.55. The van der Waals surface area contributed by atoms with Gasteiger partial charge in [0.15, 0.2) is 0 Å². The number of carbonyl (C=O) groups excluding carboxylic acids is 1. The minimum absolute atomic E-state index is 0.0228. The molecule has 0 spiro atoms. The molecule has 138 valence electrons. The van der Waals surface area contributed by atoms with Gasteiger partial charge in [0.05, 0.1) is 18.8 Å². The van der Waals surface area contributed by atoms with Gasteiger partial charge in [0, 0.05) is 38.4 Å². The Labute approximate surface area is 151 Å². The van der Waals surface area contributed by atoms with Crippen molar-refractivity contribution in [2.45, 2.75) is 45.9 Å². The molecule has 1 N–H and O–H groups in total. The van der Waals surface area contributed by atoms with Crippen LogP contribution in [0.4, 0.5) is 5.69 Å². The molecule has 0 unspecified atom stereocenters. The van der Waals surface area contributed by atoms with Crippen molar-refractivity contribution in [1.29, 1.82) is 0 Å². The number of hydrogen-bond donors (Lipinski definition) is 1. The first-order chi connectivity index (χ1) is 12.0. The summed E-state index contributed by atoms with van der Waals surface area (Å²) in [5.41, 5.74) is 2.59. The molecule has 0 radical (unpaired) electrons. The molecule has 1 aromatic carbocycles. The van der Waals surface area contributed by atoms with Gasteiger partial charge in [0.1, 0.15) is 0 Å². The summed E-state index contributed by atoms with van der Waals surface area (Å²) in [6.07, 6.45) is 1.17. The molecule has 2 fully saturated rings. The topological polar surface area (TPSA) is 44.8 Å². The number of nitrogens with one attached hydrogen (secondary N) is 1. The fourth-order valence-electron chi connectivity index (χ4n) is 3.86. The number of para-hydroxylation sites is 1. The standard InChI is InChI=1S/C20H31N3O2/c1-15(2)12-19-20(24)21-8-9-22(19)14-17-6-4-5-7-18(17)23-10-11-25-16(3)13-23/h4-7,15-16,19H,8-14H2,1-3H3,(H,21,24)/t16-,19+/m1/s1. The van der Waals surface area contributed by atoms with E-state index < -0.39 is 0 Å². The van der Waals surface area contributed by atoms with Crippen molar-refractivity contribution >= 4 is 11.6 Å². The smallest absolute Gasteiger partial charge is 0.237 e. The van der Waals surface area contributed by atoms with Crippen LogP contribution in [-0.4, -0.2) is 55.7 Å². The second-order valence-electron chi connectivity index (χ2n) is 7.66. The highest BCUT2D eigenvalue weighted by atomic mass is 16.5. The Hall–Kier alpha value is -1.59. The van der Waals surface area contributed by atoms with E-state index in [2.05, 4.69) is 60.2 Å². The Morgan fingerprint density at radius 2 is 2.08 bits per heavy atom. The summed E-state index contributed by atoms with van der Waals surface area (Å²) in [6, 6.07) is 8.59. The van der Waals surface area contributed by atoms with Gasteiger partial charge in [-0.05, 0) is 30.9 Å². The molecule has 0 aliphatic carbocycles. The van der Waals surface area contributed by atoms with Crippen molar-refractivity contribution in [2.75, 3.05) is 37.7 Å². The molecule has 0 saturated carbocycles. The summed E-state index contributed by atoms with van der Waals surface area (Å²) in [5.74, 6) is 0.684. The number of nitrogens with zero attached hydrogens (tertiary/aromatic N) is 2. The summed E-state index contributed by atoms with van der Waals surface area (Å²) >= 11 is 0. The Morgan fingerprint density at radius 3 is 2.84 bits per heavy atom. The highest BCUT2D eigenvalue weighted by Crippen LogP contribution is 2.26. The second-order valence-corrected chi connectivity index (χ2v) is 7.66. The molecule has 25 heavy (non-hydrogen) atoms. The molecule has 1 amide bonds. The lowest BCUT2D eigenvalue weighted by atomic mass is 9.99. The van der Waals surface area contributed by atoms with E-state index in [9.17, 15) is 4.79 Å². The number of benzene rings is 1. The number of anilines is 1. The van der Waals surface area contributed by atoms with Crippen LogP contribution >= 0.6 is 0 Å². The van der Waals surface area contributed by atoms with E-state index >= 15 is 0 Å². The predicted molar refractivity (Wildman–Crippen MR) is 101 cm³/mol. The Balaban J connectivity index is 1.78. The van der Waals surface area contributed by atoms with Crippen LogP contribution < -0.4 is 10.2 Å². The molecular weight excluding hydrogens is 314 g/mol. The van der Waals surface area contributed by atoms with Gasteiger partial charge in [-0.3, -0.25) is 9.69 Å². The highest BCUT2D eigenvalue weighted by Gasteiger charge is 2.31. The number of rotatable bonds is 5. The largest absolute Gasteiger partial charge is 0.375 e. The van der Waals surface area contributed by atoms with Crippen molar-refractivity contribution in [1.82, 2.24) is 10.2 Å². The lowest BCUT2D eigenvalue weighted by Gasteiger charge is -2.38. The van der Waals surface area contributed by atoms with E-state index in [0.717, 1.165) is 45.8 Å². The monoisotopic (exact) mass is 345 g/mol. The third-order valence-corrected chi connectivity index (χ3v) is 5.08. The van der Waals surface area contributed by atoms with Gasteiger partial charge < -0.3 is 15.0 Å². The summed E-state index contributed by atoms with van der Waals surface area (Å²) in [6.45, 7) is 11.6. The average molecular weight is 345 g/mol. The van der Waals surface area contributed by atoms with Crippen molar-refractivity contribution in [3.05, 3.63) is 29.8 Å². The molecule has 5 heteroatoms. The van der Waals surface area contributed by atoms with E-state index in [1.165, 1.54) is 11.3 Å². The van der Waals surface area contributed by atoms with Crippen LogP contribution in [0.15, 0.2) is 24.3 Å². The summed E-state index contributed by atoms with van der Waals surface area (Å²) in [4.78, 5) is 17.2. The van der Waals surface area contributed by atoms with E-state index in [-0.39, 0.29) is 18.1 Å². The van der Waals surface area contributed by atoms with Crippen molar-refractivity contribution in [3.8, 4) is 0 Å². The fraction of sp³-hybridized carbons (Fsp3) is 0.650. The molecule has 2 saturated heterocycles. The molecule has 2 aliphatic rings. The molecule has 2 heterocycles. The molecule has 5 nitrogen and oxygen atoms in total. The van der Waals surface area contributed by atoms with Gasteiger partial charge in [0.2, 0.25) is 5.91 Å². The minimum Gasteiger partial charge on any atom is -0.375 e. The molecule has 0 aromatic heterocycles. The highest BCUT2D eigenvalue weighted by molar-refractivity contribution is 5.82. The number of hydrogen-bond acceptors (Lipinski definition) is 4. The maximum Gasteiger partial charge on any atom is 0.237 e. The molecule has 2 atom stereocenters. The first-order valence-electron chi connectivity index (χ1n) is 9.51. The Kier molecular flexibility index (Phi) is 5.97. The summed E-state index contributed by atoms with van der Waals surface area (Å²) in [7, 11) is 0.